The summed E-state index contributed by atoms with van der Waals surface area (Å²) in [6, 6.07) is 3.04. The molecule has 0 fully saturated rings. The molecule has 9 heavy (non-hydrogen) atoms. The van der Waals surface area contributed by atoms with Gasteiger partial charge in [0.05, 0.1) is 5.69 Å². The van der Waals surface area contributed by atoms with Gasteiger partial charge in [-0.25, -0.2) is 4.98 Å². The van der Waals surface area contributed by atoms with E-state index in [0.29, 0.717) is 0 Å². The number of nitrogens with two attached hydrogens (primary N) is 1. The highest BCUT2D eigenvalue weighted by molar-refractivity contribution is 5.85. The van der Waals surface area contributed by atoms with Crippen molar-refractivity contribution in [1.82, 2.24) is 4.98 Å². The van der Waals surface area contributed by atoms with Gasteiger partial charge in [0.15, 0.2) is 0 Å². The van der Waals surface area contributed by atoms with Crippen molar-refractivity contribution >= 4 is 18.1 Å². The Balaban J connectivity index is 0.000000640. The maximum absolute atomic E-state index is 12.1. The zero-order valence-corrected chi connectivity index (χ0v) is 5.36. The molecule has 0 bridgehead atoms. The van der Waals surface area contributed by atoms with Crippen molar-refractivity contribution < 1.29 is 4.39 Å². The fourth-order valence-electron chi connectivity index (χ4n) is 0.398. The maximum atomic E-state index is 12.1. The second-order valence-electron chi connectivity index (χ2n) is 1.38. The van der Waals surface area contributed by atoms with E-state index < -0.39 is 5.95 Å². The molecule has 0 atom stereocenters. The SMILES string of the molecule is Cl.Nc1cccnc1F. The van der Waals surface area contributed by atoms with Crippen LogP contribution in [0.15, 0.2) is 18.3 Å². The quantitative estimate of drug-likeness (QED) is 0.562. The topological polar surface area (TPSA) is 38.9 Å². The molecule has 0 aromatic carbocycles. The summed E-state index contributed by atoms with van der Waals surface area (Å²) >= 11 is 0. The first-order chi connectivity index (χ1) is 3.80. The molecule has 1 rings (SSSR count). The molecule has 0 radical (unpaired) electrons. The summed E-state index contributed by atoms with van der Waals surface area (Å²) in [4.78, 5) is 3.29. The highest BCUT2D eigenvalue weighted by atomic mass is 35.5. The molecule has 2 nitrogen and oxygen atoms in total. The molecule has 0 unspecified atom stereocenters. The number of aromatic nitrogens is 1. The second-order valence-corrected chi connectivity index (χ2v) is 1.38. The lowest BCUT2D eigenvalue weighted by Crippen LogP contribution is -1.90. The van der Waals surface area contributed by atoms with Gasteiger partial charge in [0, 0.05) is 6.20 Å². The molecular weight excluding hydrogens is 143 g/mol. The van der Waals surface area contributed by atoms with Gasteiger partial charge in [-0.2, -0.15) is 4.39 Å². The van der Waals surface area contributed by atoms with Crippen molar-refractivity contribution in [2.45, 2.75) is 0 Å². The average molecular weight is 149 g/mol. The largest absolute Gasteiger partial charge is 0.395 e. The summed E-state index contributed by atoms with van der Waals surface area (Å²) < 4.78 is 12.1. The van der Waals surface area contributed by atoms with Crippen molar-refractivity contribution in [3.63, 3.8) is 0 Å². The Morgan fingerprint density at radius 2 is 2.22 bits per heavy atom. The zero-order chi connectivity index (χ0) is 5.98. The number of anilines is 1. The number of pyridine rings is 1. The predicted molar refractivity (Wildman–Crippen MR) is 35.9 cm³/mol. The third kappa shape index (κ3) is 1.85. The number of hydrogen-bond acceptors (Lipinski definition) is 2. The first-order valence-corrected chi connectivity index (χ1v) is 2.16. The summed E-state index contributed by atoms with van der Waals surface area (Å²) in [5.74, 6) is -0.604. The minimum absolute atomic E-state index is 0. The number of rotatable bonds is 0. The molecule has 2 N–H and O–H groups in total. The molecule has 1 aromatic rings. The monoisotopic (exact) mass is 148 g/mol. The Bertz CT molecular complexity index is 171. The van der Waals surface area contributed by atoms with Crippen LogP contribution < -0.4 is 5.73 Å². The first-order valence-electron chi connectivity index (χ1n) is 2.16. The van der Waals surface area contributed by atoms with Crippen LogP contribution in [0.2, 0.25) is 0 Å². The van der Waals surface area contributed by atoms with Crippen LogP contribution >= 0.6 is 12.4 Å². The summed E-state index contributed by atoms with van der Waals surface area (Å²) in [7, 11) is 0. The van der Waals surface area contributed by atoms with Gasteiger partial charge >= 0.3 is 0 Å². The van der Waals surface area contributed by atoms with Crippen molar-refractivity contribution in [1.29, 1.82) is 0 Å². The average Bonchev–Trinajstić information content (AvgIpc) is 1.77. The number of halogens is 2. The van der Waals surface area contributed by atoms with Gasteiger partial charge in [0.2, 0.25) is 5.95 Å². The maximum Gasteiger partial charge on any atom is 0.235 e. The molecule has 0 saturated carbocycles. The van der Waals surface area contributed by atoms with Crippen molar-refractivity contribution in [3.8, 4) is 0 Å². The zero-order valence-electron chi connectivity index (χ0n) is 4.54. The molecule has 0 aliphatic rings. The van der Waals surface area contributed by atoms with E-state index in [1.54, 1.807) is 6.07 Å². The summed E-state index contributed by atoms with van der Waals surface area (Å²) in [6.45, 7) is 0. The van der Waals surface area contributed by atoms with Crippen LogP contribution in [0.4, 0.5) is 10.1 Å². The molecule has 4 heteroatoms. The molecule has 1 aromatic heterocycles. The molecule has 1 heterocycles. The fraction of sp³-hybridized carbons (Fsp3) is 0. The third-order valence-corrected chi connectivity index (χ3v) is 0.788. The highest BCUT2D eigenvalue weighted by Crippen LogP contribution is 2.01. The van der Waals surface area contributed by atoms with Crippen LogP contribution in [0.5, 0.6) is 0 Å². The van der Waals surface area contributed by atoms with Crippen molar-refractivity contribution in [2.24, 2.45) is 0 Å². The molecule has 0 aliphatic carbocycles. The molecular formula is C5H6ClFN2. The first kappa shape index (κ1) is 8.17. The van der Waals surface area contributed by atoms with Crippen LogP contribution in [0.3, 0.4) is 0 Å². The van der Waals surface area contributed by atoms with Gasteiger partial charge in [-0.05, 0) is 12.1 Å². The predicted octanol–water partition coefficient (Wildman–Crippen LogP) is 1.22. The van der Waals surface area contributed by atoms with Crippen LogP contribution in [0.1, 0.15) is 0 Å². The van der Waals surface area contributed by atoms with E-state index in [1.165, 1.54) is 12.3 Å². The normalized spacial score (nSPS) is 8.11. The summed E-state index contributed by atoms with van der Waals surface area (Å²) in [6.07, 6.45) is 1.35. The summed E-state index contributed by atoms with van der Waals surface area (Å²) in [5.41, 5.74) is 5.17. The standard InChI is InChI=1S/C5H5FN2.ClH/c6-5-4(7)2-1-3-8-5;/h1-3H,7H2;1H. The molecule has 0 aliphatic heterocycles. The molecule has 50 valence electrons. The smallest absolute Gasteiger partial charge is 0.235 e. The molecule has 0 spiro atoms. The van der Waals surface area contributed by atoms with Crippen LogP contribution in [-0.4, -0.2) is 4.98 Å². The fourth-order valence-corrected chi connectivity index (χ4v) is 0.398. The Morgan fingerprint density at radius 1 is 1.56 bits per heavy atom. The summed E-state index contributed by atoms with van der Waals surface area (Å²) in [5, 5.41) is 0. The van der Waals surface area contributed by atoms with E-state index in [-0.39, 0.29) is 18.1 Å². The lowest BCUT2D eigenvalue weighted by molar-refractivity contribution is 0.589. The number of hydrogen-bond donors (Lipinski definition) is 1. The van der Waals surface area contributed by atoms with E-state index in [2.05, 4.69) is 4.98 Å². The van der Waals surface area contributed by atoms with E-state index in [0.717, 1.165) is 0 Å². The van der Waals surface area contributed by atoms with Gasteiger partial charge in [-0.15, -0.1) is 12.4 Å². The van der Waals surface area contributed by atoms with Gasteiger partial charge < -0.3 is 5.73 Å². The minimum Gasteiger partial charge on any atom is -0.395 e. The highest BCUT2D eigenvalue weighted by Gasteiger charge is 1.91. The van der Waals surface area contributed by atoms with E-state index in [4.69, 9.17) is 5.73 Å². The van der Waals surface area contributed by atoms with Crippen LogP contribution in [0.25, 0.3) is 0 Å². The lowest BCUT2D eigenvalue weighted by atomic mass is 10.4. The van der Waals surface area contributed by atoms with E-state index in [9.17, 15) is 4.39 Å². The van der Waals surface area contributed by atoms with Gasteiger partial charge in [0.25, 0.3) is 0 Å². The van der Waals surface area contributed by atoms with Gasteiger partial charge in [-0.3, -0.25) is 0 Å². The van der Waals surface area contributed by atoms with E-state index >= 15 is 0 Å². The second kappa shape index (κ2) is 3.25. The Kier molecular flexibility index (Phi) is 2.95. The Morgan fingerprint density at radius 3 is 2.56 bits per heavy atom. The van der Waals surface area contributed by atoms with Crippen LogP contribution in [-0.2, 0) is 0 Å². The molecule has 0 saturated heterocycles. The van der Waals surface area contributed by atoms with Gasteiger partial charge in [0.1, 0.15) is 0 Å². The minimum atomic E-state index is -0.604. The molecule has 0 amide bonds. The third-order valence-electron chi connectivity index (χ3n) is 0.788. The lowest BCUT2D eigenvalue weighted by Gasteiger charge is -1.88. The Labute approximate surface area is 58.3 Å². The Hall–Kier alpha value is -0.830. The number of nitrogens with zero attached hydrogens (tertiary/aromatic N) is 1. The van der Waals surface area contributed by atoms with Gasteiger partial charge in [-0.1, -0.05) is 0 Å². The van der Waals surface area contributed by atoms with Crippen molar-refractivity contribution in [2.75, 3.05) is 5.73 Å². The van der Waals surface area contributed by atoms with Crippen molar-refractivity contribution in [3.05, 3.63) is 24.3 Å². The van der Waals surface area contributed by atoms with E-state index in [1.807, 2.05) is 0 Å². The van der Waals surface area contributed by atoms with Crippen LogP contribution in [0, 0.1) is 5.95 Å². The number of nitrogen functional groups attached to an aromatic ring is 1.